The van der Waals surface area contributed by atoms with E-state index in [9.17, 15) is 32.7 Å². The van der Waals surface area contributed by atoms with Gasteiger partial charge in [0.05, 0.1) is 5.56 Å². The van der Waals surface area contributed by atoms with E-state index in [1.807, 2.05) is 6.07 Å². The Morgan fingerprint density at radius 3 is 2.26 bits per heavy atom. The molecular weight excluding hydrogens is 463 g/mol. The number of rotatable bonds is 5. The molecule has 0 saturated carbocycles. The molecule has 4 rings (SSSR count). The third-order valence-electron chi connectivity index (χ3n) is 5.69. The smallest absolute Gasteiger partial charge is 0.416 e. The number of urea groups is 1. The maximum Gasteiger partial charge on any atom is 0.416 e. The van der Waals surface area contributed by atoms with Gasteiger partial charge in [0, 0.05) is 23.5 Å². The lowest BCUT2D eigenvalue weighted by Gasteiger charge is -2.19. The van der Waals surface area contributed by atoms with Crippen LogP contribution >= 0.6 is 0 Å². The Bertz CT molecular complexity index is 1310. The lowest BCUT2D eigenvalue weighted by Crippen LogP contribution is -2.38. The van der Waals surface area contributed by atoms with E-state index in [4.69, 9.17) is 0 Å². The minimum absolute atomic E-state index is 0.00279. The molecule has 180 valence electrons. The highest BCUT2D eigenvalue weighted by atomic mass is 19.4. The number of amides is 3. The number of halogens is 3. The average Bonchev–Trinajstić information content (AvgIpc) is 3.14. The zero-order valence-corrected chi connectivity index (χ0v) is 18.4. The quantitative estimate of drug-likeness (QED) is 0.450. The van der Waals surface area contributed by atoms with Crippen LogP contribution in [0.2, 0.25) is 0 Å². The van der Waals surface area contributed by atoms with Crippen LogP contribution in [-0.2, 0) is 17.5 Å². The molecule has 0 bridgehead atoms. The zero-order chi connectivity index (χ0) is 25.3. The zero-order valence-electron chi connectivity index (χ0n) is 18.4. The molecule has 3 amide bonds. The van der Waals surface area contributed by atoms with E-state index >= 15 is 0 Å². The number of anilines is 2. The number of benzene rings is 3. The first kappa shape index (κ1) is 23.8. The Labute approximate surface area is 198 Å². The molecule has 1 heterocycles. The van der Waals surface area contributed by atoms with Gasteiger partial charge in [-0.25, -0.2) is 9.59 Å². The number of carbonyl (C=O) groups excluding carboxylic acids is 2. The van der Waals surface area contributed by atoms with Crippen LogP contribution in [0.15, 0.2) is 66.7 Å². The second-order valence-corrected chi connectivity index (χ2v) is 8.05. The molecule has 3 aromatic carbocycles. The van der Waals surface area contributed by atoms with E-state index in [0.29, 0.717) is 11.3 Å². The fourth-order valence-corrected chi connectivity index (χ4v) is 3.76. The molecule has 1 aliphatic heterocycles. The van der Waals surface area contributed by atoms with E-state index in [1.54, 1.807) is 36.4 Å². The van der Waals surface area contributed by atoms with E-state index in [-0.39, 0.29) is 18.1 Å². The highest BCUT2D eigenvalue weighted by Crippen LogP contribution is 2.32. The number of hydrogen-bond donors (Lipinski definition) is 3. The van der Waals surface area contributed by atoms with Crippen molar-refractivity contribution in [2.75, 3.05) is 10.6 Å². The second-order valence-electron chi connectivity index (χ2n) is 8.05. The van der Waals surface area contributed by atoms with Crippen molar-refractivity contribution in [2.45, 2.75) is 25.7 Å². The van der Waals surface area contributed by atoms with Crippen LogP contribution < -0.4 is 10.6 Å². The van der Waals surface area contributed by atoms with Gasteiger partial charge in [0.15, 0.2) is 0 Å². The van der Waals surface area contributed by atoms with Crippen LogP contribution in [0.4, 0.5) is 29.3 Å². The van der Waals surface area contributed by atoms with Gasteiger partial charge in [0.2, 0.25) is 0 Å². The molecule has 10 heteroatoms. The van der Waals surface area contributed by atoms with Crippen LogP contribution in [0.3, 0.4) is 0 Å². The van der Waals surface area contributed by atoms with Crippen LogP contribution in [0.1, 0.15) is 28.4 Å². The molecule has 0 aromatic heterocycles. The summed E-state index contributed by atoms with van der Waals surface area (Å²) >= 11 is 0. The van der Waals surface area contributed by atoms with Crippen molar-refractivity contribution in [1.82, 2.24) is 4.90 Å². The van der Waals surface area contributed by atoms with Gasteiger partial charge in [0.25, 0.3) is 5.91 Å². The largest absolute Gasteiger partial charge is 0.480 e. The van der Waals surface area contributed by atoms with E-state index < -0.39 is 29.8 Å². The summed E-state index contributed by atoms with van der Waals surface area (Å²) in [6.07, 6.45) is -4.51. The van der Waals surface area contributed by atoms with E-state index in [2.05, 4.69) is 10.6 Å². The lowest BCUT2D eigenvalue weighted by molar-refractivity contribution is -0.141. The fraction of sp³-hybridized carbons (Fsp3) is 0.160. The maximum atomic E-state index is 12.8. The number of carboxylic acids is 1. The molecule has 0 saturated heterocycles. The number of fused-ring (bicyclic) bond motifs is 1. The standard InChI is InChI=1S/C25H20F3N3O4/c1-14(23(33)34)31-13-17-6-5-16(11-21(17)22(31)32)15-7-9-19(10-8-15)29-24(35)30-20-4-2-3-18(12-20)25(26,27)28/h2-12,14H,13H2,1H3,(H,33,34)(H2,29,30,35). The number of alkyl halides is 3. The molecule has 35 heavy (non-hydrogen) atoms. The summed E-state index contributed by atoms with van der Waals surface area (Å²) in [7, 11) is 0. The topological polar surface area (TPSA) is 98.7 Å². The van der Waals surface area contributed by atoms with Crippen molar-refractivity contribution in [3.63, 3.8) is 0 Å². The lowest BCUT2D eigenvalue weighted by atomic mass is 10.0. The summed E-state index contributed by atoms with van der Waals surface area (Å²) in [5.41, 5.74) is 2.23. The van der Waals surface area contributed by atoms with Crippen molar-refractivity contribution in [3.05, 3.63) is 83.4 Å². The Balaban J connectivity index is 1.44. The summed E-state index contributed by atoms with van der Waals surface area (Å²) in [5, 5.41) is 14.1. The molecule has 3 N–H and O–H groups in total. The molecule has 0 fully saturated rings. The third-order valence-corrected chi connectivity index (χ3v) is 5.69. The summed E-state index contributed by atoms with van der Waals surface area (Å²) in [4.78, 5) is 37.4. The van der Waals surface area contributed by atoms with Gasteiger partial charge in [-0.15, -0.1) is 0 Å². The Kier molecular flexibility index (Phi) is 6.21. The van der Waals surface area contributed by atoms with Gasteiger partial charge in [0.1, 0.15) is 6.04 Å². The van der Waals surface area contributed by atoms with Gasteiger partial charge >= 0.3 is 18.2 Å². The number of carbonyl (C=O) groups is 3. The summed E-state index contributed by atoms with van der Waals surface area (Å²) in [5.74, 6) is -1.42. The number of hydrogen-bond acceptors (Lipinski definition) is 3. The number of nitrogens with one attached hydrogen (secondary N) is 2. The minimum atomic E-state index is -4.51. The second kappa shape index (κ2) is 9.13. The first-order chi connectivity index (χ1) is 16.5. The first-order valence-corrected chi connectivity index (χ1v) is 10.6. The van der Waals surface area contributed by atoms with Crippen molar-refractivity contribution in [1.29, 1.82) is 0 Å². The van der Waals surface area contributed by atoms with Crippen molar-refractivity contribution in [2.24, 2.45) is 0 Å². The number of aliphatic carboxylic acids is 1. The number of carboxylic acid groups (broad SMARTS) is 1. The Morgan fingerprint density at radius 2 is 1.60 bits per heavy atom. The molecule has 7 nitrogen and oxygen atoms in total. The Hall–Kier alpha value is -4.34. The minimum Gasteiger partial charge on any atom is -0.480 e. The van der Waals surface area contributed by atoms with Gasteiger partial charge in [-0.3, -0.25) is 4.79 Å². The summed E-state index contributed by atoms with van der Waals surface area (Å²) in [6, 6.07) is 14.7. The normalized spacial score (nSPS) is 13.8. The van der Waals surface area contributed by atoms with Crippen LogP contribution in [-0.4, -0.2) is 34.0 Å². The predicted molar refractivity (Wildman–Crippen MR) is 123 cm³/mol. The van der Waals surface area contributed by atoms with Crippen LogP contribution in [0.25, 0.3) is 11.1 Å². The number of nitrogens with zero attached hydrogens (tertiary/aromatic N) is 1. The molecular formula is C25H20F3N3O4. The van der Waals surface area contributed by atoms with Gasteiger partial charge in [-0.05, 0) is 60.0 Å². The summed E-state index contributed by atoms with van der Waals surface area (Å²) in [6.45, 7) is 1.69. The molecule has 0 radical (unpaired) electrons. The fourth-order valence-electron chi connectivity index (χ4n) is 3.76. The molecule has 1 unspecified atom stereocenters. The van der Waals surface area contributed by atoms with Gasteiger partial charge in [-0.1, -0.05) is 30.3 Å². The molecule has 1 aliphatic rings. The van der Waals surface area contributed by atoms with Crippen molar-refractivity contribution >= 4 is 29.3 Å². The van der Waals surface area contributed by atoms with E-state index in [0.717, 1.165) is 28.8 Å². The Morgan fingerprint density at radius 1 is 0.943 bits per heavy atom. The summed E-state index contributed by atoms with van der Waals surface area (Å²) < 4.78 is 38.5. The van der Waals surface area contributed by atoms with E-state index in [1.165, 1.54) is 24.0 Å². The van der Waals surface area contributed by atoms with Crippen molar-refractivity contribution in [3.8, 4) is 11.1 Å². The third kappa shape index (κ3) is 5.11. The monoisotopic (exact) mass is 483 g/mol. The molecule has 3 aromatic rings. The van der Waals surface area contributed by atoms with Gasteiger partial charge < -0.3 is 20.6 Å². The SMILES string of the molecule is CC(C(=O)O)N1Cc2ccc(-c3ccc(NC(=O)Nc4cccc(C(F)(F)F)c4)cc3)cc2C1=O. The highest BCUT2D eigenvalue weighted by Gasteiger charge is 2.34. The molecule has 0 spiro atoms. The maximum absolute atomic E-state index is 12.8. The van der Waals surface area contributed by atoms with Gasteiger partial charge in [-0.2, -0.15) is 13.2 Å². The van der Waals surface area contributed by atoms with Crippen molar-refractivity contribution < 1.29 is 32.7 Å². The molecule has 1 atom stereocenters. The molecule has 0 aliphatic carbocycles. The highest BCUT2D eigenvalue weighted by molar-refractivity contribution is 6.02. The first-order valence-electron chi connectivity index (χ1n) is 10.6. The van der Waals surface area contributed by atoms with Crippen LogP contribution in [0, 0.1) is 0 Å². The predicted octanol–water partition coefficient (Wildman–Crippen LogP) is 5.45. The van der Waals surface area contributed by atoms with Crippen LogP contribution in [0.5, 0.6) is 0 Å². The average molecular weight is 483 g/mol.